The molecule has 2 aromatic carbocycles. The van der Waals surface area contributed by atoms with E-state index in [4.69, 9.17) is 16.7 Å². The first-order chi connectivity index (χ1) is 17.4. The van der Waals surface area contributed by atoms with Crippen LogP contribution in [0.5, 0.6) is 0 Å². The smallest absolute Gasteiger partial charge is 0.295 e. The Hall–Kier alpha value is -3.89. The number of nitrogens with one attached hydrogen (secondary N) is 2. The zero-order valence-electron chi connectivity index (χ0n) is 20.4. The predicted molar refractivity (Wildman–Crippen MR) is 143 cm³/mol. The van der Waals surface area contributed by atoms with Gasteiger partial charge in [0.2, 0.25) is 11.8 Å². The average molecular weight is 505 g/mol. The minimum absolute atomic E-state index is 0.129. The summed E-state index contributed by atoms with van der Waals surface area (Å²) in [6.45, 7) is 10.1. The second-order valence-corrected chi connectivity index (χ2v) is 8.47. The molecule has 1 aliphatic heterocycles. The van der Waals surface area contributed by atoms with Gasteiger partial charge in [-0.3, -0.25) is 24.5 Å². The normalized spacial score (nSPS) is 13.2. The molecule has 0 unspecified atom stereocenters. The first-order valence-corrected chi connectivity index (χ1v) is 12.2. The molecule has 2 aromatic heterocycles. The van der Waals surface area contributed by atoms with Crippen LogP contribution in [0.3, 0.4) is 0 Å². The van der Waals surface area contributed by atoms with E-state index in [1.54, 1.807) is 18.3 Å². The molecule has 10 heteroatoms. The Balaban J connectivity index is 0.000000384. The molecule has 0 aliphatic carbocycles. The highest BCUT2D eigenvalue weighted by atomic mass is 32.1. The Morgan fingerprint density at radius 2 is 1.81 bits per heavy atom. The fraction of sp³-hybridized carbons (Fsp3) is 0.269. The van der Waals surface area contributed by atoms with Crippen LogP contribution in [0, 0.1) is 4.84 Å². The maximum absolute atomic E-state index is 13.0. The number of aromatic amines is 1. The fourth-order valence-corrected chi connectivity index (χ4v) is 4.23. The maximum Gasteiger partial charge on any atom is 0.295 e. The molecule has 1 aliphatic rings. The van der Waals surface area contributed by atoms with Gasteiger partial charge in [-0.1, -0.05) is 56.3 Å². The van der Waals surface area contributed by atoms with E-state index in [0.717, 1.165) is 10.8 Å². The first-order valence-electron chi connectivity index (χ1n) is 11.8. The van der Waals surface area contributed by atoms with Gasteiger partial charge in [0.1, 0.15) is 12.1 Å². The average Bonchev–Trinajstić information content (AvgIpc) is 3.27. The van der Waals surface area contributed by atoms with E-state index < -0.39 is 0 Å². The molecule has 0 atom stereocenters. The molecule has 5 rings (SSSR count). The number of carbonyl (C=O) groups excluding carboxylic acids is 2. The molecule has 0 fully saturated rings. The Bertz CT molecular complexity index is 1440. The highest BCUT2D eigenvalue weighted by Crippen LogP contribution is 2.40. The molecule has 2 amide bonds. The van der Waals surface area contributed by atoms with E-state index in [2.05, 4.69) is 46.1 Å². The van der Waals surface area contributed by atoms with Crippen molar-refractivity contribution in [3.8, 4) is 11.5 Å². The highest BCUT2D eigenvalue weighted by Gasteiger charge is 2.29. The molecule has 0 saturated carbocycles. The van der Waals surface area contributed by atoms with Crippen molar-refractivity contribution in [1.82, 2.24) is 20.0 Å². The van der Waals surface area contributed by atoms with Crippen LogP contribution in [-0.4, -0.2) is 51.5 Å². The number of H-pyrrole nitrogens is 1. The summed E-state index contributed by atoms with van der Waals surface area (Å²) >= 11 is 4.91. The monoisotopic (exact) mass is 504 g/mol. The van der Waals surface area contributed by atoms with Crippen LogP contribution < -0.4 is 10.2 Å². The number of pyridine rings is 1. The van der Waals surface area contributed by atoms with Crippen LogP contribution in [0.4, 0.5) is 17.1 Å². The molecule has 36 heavy (non-hydrogen) atoms. The van der Waals surface area contributed by atoms with E-state index in [-0.39, 0.29) is 23.1 Å². The third kappa shape index (κ3) is 5.34. The van der Waals surface area contributed by atoms with Crippen molar-refractivity contribution in [3.63, 3.8) is 0 Å². The molecule has 9 nitrogen and oxygen atoms in total. The number of carbonyl (C=O) groups is 2. The van der Waals surface area contributed by atoms with Gasteiger partial charge in [0.05, 0.1) is 17.1 Å². The summed E-state index contributed by atoms with van der Waals surface area (Å²) in [4.78, 5) is 36.4. The number of hydrogen-bond acceptors (Lipinski definition) is 7. The standard InChI is InChI=1S/C20H13N5O3S.C6H15N/c26-16-10-17(27)25(12-7-8-21-14(9-12)19-23-20(29)28-24-19)15-6-5-11-3-1-2-4-13(11)18(15)22-16;1-4-7(5-2)6-3/h1-9H,10H2,(H,22,26)(H,23,24,29);4-6H2,1-3H3. The quantitative estimate of drug-likeness (QED) is 0.280. The molecule has 4 aromatic rings. The van der Waals surface area contributed by atoms with Gasteiger partial charge in [-0.25, -0.2) is 0 Å². The summed E-state index contributed by atoms with van der Waals surface area (Å²) in [7, 11) is 0. The largest absolute Gasteiger partial charge is 0.324 e. The number of benzene rings is 2. The predicted octanol–water partition coefficient (Wildman–Crippen LogP) is 5.30. The molecule has 2 N–H and O–H groups in total. The molecule has 0 radical (unpaired) electrons. The minimum Gasteiger partial charge on any atom is -0.324 e. The number of aromatic nitrogens is 3. The Morgan fingerprint density at radius 1 is 1.06 bits per heavy atom. The number of amides is 2. The summed E-state index contributed by atoms with van der Waals surface area (Å²) in [6, 6.07) is 14.8. The maximum atomic E-state index is 13.0. The number of fused-ring (bicyclic) bond motifs is 3. The van der Waals surface area contributed by atoms with Crippen LogP contribution in [0.1, 0.15) is 27.2 Å². The number of hydrogen-bond donors (Lipinski definition) is 2. The van der Waals surface area contributed by atoms with E-state index in [0.29, 0.717) is 28.6 Å². The topological polar surface area (TPSA) is 107 Å². The van der Waals surface area contributed by atoms with Gasteiger partial charge in [0, 0.05) is 11.6 Å². The Kier molecular flexibility index (Phi) is 7.87. The summed E-state index contributed by atoms with van der Waals surface area (Å²) in [6.07, 6.45) is 1.29. The van der Waals surface area contributed by atoms with Crippen molar-refractivity contribution < 1.29 is 14.1 Å². The van der Waals surface area contributed by atoms with Gasteiger partial charge in [-0.2, -0.15) is 0 Å². The fourth-order valence-electron chi connectivity index (χ4n) is 4.09. The van der Waals surface area contributed by atoms with Crippen LogP contribution in [0.2, 0.25) is 0 Å². The Labute approximate surface area is 214 Å². The van der Waals surface area contributed by atoms with E-state index in [1.165, 1.54) is 24.5 Å². The lowest BCUT2D eigenvalue weighted by Crippen LogP contribution is -2.26. The minimum atomic E-state index is -0.357. The molecular formula is C26H28N6O3S. The van der Waals surface area contributed by atoms with Gasteiger partial charge in [0.15, 0.2) is 5.82 Å². The first kappa shape index (κ1) is 25.2. The molecular weight excluding hydrogens is 476 g/mol. The van der Waals surface area contributed by atoms with Crippen molar-refractivity contribution in [2.24, 2.45) is 0 Å². The van der Waals surface area contributed by atoms with Crippen LogP contribution in [-0.2, 0) is 9.59 Å². The molecule has 3 heterocycles. The lowest BCUT2D eigenvalue weighted by molar-refractivity contribution is -0.124. The zero-order valence-corrected chi connectivity index (χ0v) is 21.3. The van der Waals surface area contributed by atoms with Gasteiger partial charge in [-0.15, -0.1) is 0 Å². The summed E-state index contributed by atoms with van der Waals surface area (Å²) < 4.78 is 4.90. The zero-order chi connectivity index (χ0) is 25.7. The van der Waals surface area contributed by atoms with Crippen LogP contribution >= 0.6 is 12.2 Å². The van der Waals surface area contributed by atoms with Crippen molar-refractivity contribution >= 4 is 51.9 Å². The SMILES string of the molecule is CCN(CC)CC.O=C1CC(=O)N(c2ccnc(-c3noc(=S)[nH]3)c2)c2ccc3ccccc3c2N1. The highest BCUT2D eigenvalue weighted by molar-refractivity contribution is 7.71. The third-order valence-corrected chi connectivity index (χ3v) is 6.18. The van der Waals surface area contributed by atoms with Crippen molar-refractivity contribution in [2.45, 2.75) is 27.2 Å². The lowest BCUT2D eigenvalue weighted by Gasteiger charge is -2.23. The summed E-state index contributed by atoms with van der Waals surface area (Å²) in [5, 5.41) is 8.54. The summed E-state index contributed by atoms with van der Waals surface area (Å²) in [5.74, 6) is -0.348. The number of anilines is 3. The molecule has 186 valence electrons. The molecule has 0 saturated heterocycles. The van der Waals surface area contributed by atoms with Crippen LogP contribution in [0.15, 0.2) is 59.3 Å². The Morgan fingerprint density at radius 3 is 2.47 bits per heavy atom. The van der Waals surface area contributed by atoms with Crippen molar-refractivity contribution in [3.05, 3.63) is 59.6 Å². The van der Waals surface area contributed by atoms with Gasteiger partial charge in [0.25, 0.3) is 4.84 Å². The second-order valence-electron chi connectivity index (χ2n) is 8.10. The van der Waals surface area contributed by atoms with E-state index in [9.17, 15) is 9.59 Å². The summed E-state index contributed by atoms with van der Waals surface area (Å²) in [5.41, 5.74) is 2.19. The number of nitrogens with zero attached hydrogens (tertiary/aromatic N) is 4. The molecule has 0 spiro atoms. The van der Waals surface area contributed by atoms with Gasteiger partial charge < -0.3 is 14.7 Å². The van der Waals surface area contributed by atoms with Crippen molar-refractivity contribution in [2.75, 3.05) is 29.9 Å². The van der Waals surface area contributed by atoms with E-state index >= 15 is 0 Å². The number of rotatable bonds is 5. The lowest BCUT2D eigenvalue weighted by atomic mass is 10.1. The second kappa shape index (κ2) is 11.2. The van der Waals surface area contributed by atoms with Crippen molar-refractivity contribution in [1.29, 1.82) is 0 Å². The third-order valence-electron chi connectivity index (χ3n) is 6.00. The van der Waals surface area contributed by atoms with E-state index in [1.807, 2.05) is 36.4 Å². The molecule has 0 bridgehead atoms. The van der Waals surface area contributed by atoms with Gasteiger partial charge >= 0.3 is 0 Å². The van der Waals surface area contributed by atoms with Gasteiger partial charge in [-0.05, 0) is 55.4 Å². The van der Waals surface area contributed by atoms with Crippen LogP contribution in [0.25, 0.3) is 22.3 Å².